The maximum absolute atomic E-state index is 13.0. The topological polar surface area (TPSA) is 64.4 Å². The largest absolute Gasteiger partial charge is 0.496 e. The Balaban J connectivity index is 1.79. The van der Waals surface area contributed by atoms with Gasteiger partial charge in [-0.2, -0.15) is 14.9 Å². The first kappa shape index (κ1) is 20.7. The third-order valence-corrected chi connectivity index (χ3v) is 4.49. The van der Waals surface area contributed by atoms with Crippen molar-refractivity contribution in [3.05, 3.63) is 69.8 Å². The first-order chi connectivity index (χ1) is 14.0. The summed E-state index contributed by atoms with van der Waals surface area (Å²) in [7, 11) is 1.57. The Morgan fingerprint density at radius 3 is 2.66 bits per heavy atom. The Labute approximate surface area is 171 Å². The molecule has 0 radical (unpaired) electrons. The number of hydrogen-bond donors (Lipinski definition) is 1. The summed E-state index contributed by atoms with van der Waals surface area (Å²) in [4.78, 5) is 0. The van der Waals surface area contributed by atoms with Crippen molar-refractivity contribution in [2.24, 2.45) is 5.10 Å². The highest BCUT2D eigenvalue weighted by atomic mass is 32.1. The molecule has 3 rings (SSSR count). The predicted molar refractivity (Wildman–Crippen MR) is 109 cm³/mol. The van der Waals surface area contributed by atoms with Crippen LogP contribution in [0.25, 0.3) is 0 Å². The number of nitrogens with zero attached hydrogens (tertiary/aromatic N) is 3. The Morgan fingerprint density at radius 2 is 2.00 bits per heavy atom. The lowest BCUT2D eigenvalue weighted by atomic mass is 10.1. The molecule has 0 amide bonds. The van der Waals surface area contributed by atoms with Crippen LogP contribution in [0.15, 0.2) is 47.6 Å². The lowest BCUT2D eigenvalue weighted by molar-refractivity contribution is 0.136. The fourth-order valence-corrected chi connectivity index (χ4v) is 2.84. The molecule has 0 atom stereocenters. The second-order valence-electron chi connectivity index (χ2n) is 6.10. The second-order valence-corrected chi connectivity index (χ2v) is 6.49. The summed E-state index contributed by atoms with van der Waals surface area (Å²) >= 11 is 4.94. The van der Waals surface area contributed by atoms with Crippen LogP contribution in [0.4, 0.5) is 8.78 Å². The van der Waals surface area contributed by atoms with Gasteiger partial charge < -0.3 is 9.47 Å². The van der Waals surface area contributed by atoms with Crippen molar-refractivity contribution in [1.82, 2.24) is 14.9 Å². The molecule has 0 aliphatic carbocycles. The molecule has 0 saturated carbocycles. The summed E-state index contributed by atoms with van der Waals surface area (Å²) in [6, 6.07) is 13.2. The standard InChI is InChI=1S/C20H20F2N4O2S/c1-3-13-4-7-16(8-5-13)28-12-15-10-14(6-9-17(15)27-2)11-23-26-19(18(21)22)24-25-20(26)29/h4-11,18H,3,12H2,1-2H3,(H,25,29)/b23-11+. The molecule has 0 fully saturated rings. The molecule has 9 heteroatoms. The smallest absolute Gasteiger partial charge is 0.299 e. The van der Waals surface area contributed by atoms with Crippen LogP contribution in [0, 0.1) is 4.77 Å². The van der Waals surface area contributed by atoms with E-state index in [9.17, 15) is 8.78 Å². The number of ether oxygens (including phenoxy) is 2. The number of methoxy groups -OCH3 is 1. The fraction of sp³-hybridized carbons (Fsp3) is 0.250. The molecule has 0 bridgehead atoms. The van der Waals surface area contributed by atoms with Crippen molar-refractivity contribution >= 4 is 18.4 Å². The number of aryl methyl sites for hydroxylation is 1. The van der Waals surface area contributed by atoms with Crippen LogP contribution in [0.5, 0.6) is 11.5 Å². The van der Waals surface area contributed by atoms with Crippen LogP contribution in [0.1, 0.15) is 35.9 Å². The van der Waals surface area contributed by atoms with Crippen molar-refractivity contribution < 1.29 is 18.3 Å². The second kappa shape index (κ2) is 9.42. The van der Waals surface area contributed by atoms with Gasteiger partial charge in [0.15, 0.2) is 0 Å². The Kier molecular flexibility index (Phi) is 6.71. The summed E-state index contributed by atoms with van der Waals surface area (Å²) in [5.41, 5.74) is 2.70. The highest BCUT2D eigenvalue weighted by Gasteiger charge is 2.16. The minimum Gasteiger partial charge on any atom is -0.496 e. The van der Waals surface area contributed by atoms with Gasteiger partial charge in [-0.25, -0.2) is 13.9 Å². The monoisotopic (exact) mass is 418 g/mol. The van der Waals surface area contributed by atoms with Crippen molar-refractivity contribution in [3.8, 4) is 11.5 Å². The lowest BCUT2D eigenvalue weighted by Gasteiger charge is -2.11. The molecule has 152 valence electrons. The van der Waals surface area contributed by atoms with Crippen LogP contribution in [0.3, 0.4) is 0 Å². The molecular weight excluding hydrogens is 398 g/mol. The van der Waals surface area contributed by atoms with Crippen LogP contribution in [-0.4, -0.2) is 28.2 Å². The van der Waals surface area contributed by atoms with E-state index in [0.29, 0.717) is 11.3 Å². The first-order valence-electron chi connectivity index (χ1n) is 8.90. The summed E-state index contributed by atoms with van der Waals surface area (Å²) in [6.07, 6.45) is -0.404. The molecule has 0 aliphatic heterocycles. The molecule has 29 heavy (non-hydrogen) atoms. The third kappa shape index (κ3) is 5.05. The molecule has 0 aliphatic rings. The predicted octanol–water partition coefficient (Wildman–Crippen LogP) is 4.91. The van der Waals surface area contributed by atoms with E-state index in [-0.39, 0.29) is 11.4 Å². The quantitative estimate of drug-likeness (QED) is 0.417. The number of hydrogen-bond acceptors (Lipinski definition) is 5. The average molecular weight is 418 g/mol. The van der Waals surface area contributed by atoms with E-state index in [4.69, 9.17) is 21.7 Å². The lowest BCUT2D eigenvalue weighted by Crippen LogP contribution is -2.02. The first-order valence-corrected chi connectivity index (χ1v) is 9.31. The Bertz CT molecular complexity index is 1050. The highest BCUT2D eigenvalue weighted by molar-refractivity contribution is 7.71. The van der Waals surface area contributed by atoms with Crippen LogP contribution in [-0.2, 0) is 13.0 Å². The van der Waals surface area contributed by atoms with Gasteiger partial charge >= 0.3 is 0 Å². The van der Waals surface area contributed by atoms with E-state index in [1.807, 2.05) is 30.3 Å². The Morgan fingerprint density at radius 1 is 1.24 bits per heavy atom. The number of benzene rings is 2. The SMILES string of the molecule is CCc1ccc(OCc2cc(/C=N/n3c(C(F)F)n[nH]c3=S)ccc2OC)cc1. The Hall–Kier alpha value is -3.07. The molecule has 3 aromatic rings. The molecule has 0 saturated heterocycles. The molecule has 1 N–H and O–H groups in total. The van der Waals surface area contributed by atoms with Gasteiger partial charge in [-0.3, -0.25) is 0 Å². The van der Waals surface area contributed by atoms with E-state index < -0.39 is 12.2 Å². The summed E-state index contributed by atoms with van der Waals surface area (Å²) in [5, 5.41) is 9.83. The van der Waals surface area contributed by atoms with Gasteiger partial charge in [-0.15, -0.1) is 0 Å². The van der Waals surface area contributed by atoms with Crippen LogP contribution in [0.2, 0.25) is 0 Å². The van der Waals surface area contributed by atoms with Gasteiger partial charge in [0.2, 0.25) is 10.6 Å². The zero-order chi connectivity index (χ0) is 20.8. The van der Waals surface area contributed by atoms with Crippen molar-refractivity contribution in [2.75, 3.05) is 7.11 Å². The number of H-pyrrole nitrogens is 1. The average Bonchev–Trinajstić information content (AvgIpc) is 3.11. The molecule has 1 aromatic heterocycles. The zero-order valence-corrected chi connectivity index (χ0v) is 16.7. The maximum Gasteiger partial charge on any atom is 0.299 e. The summed E-state index contributed by atoms with van der Waals surface area (Å²) in [5.74, 6) is 0.856. The number of aromatic amines is 1. The van der Waals surface area contributed by atoms with Crippen LogP contribution < -0.4 is 9.47 Å². The van der Waals surface area contributed by atoms with Crippen molar-refractivity contribution in [3.63, 3.8) is 0 Å². The van der Waals surface area contributed by atoms with E-state index in [1.165, 1.54) is 11.8 Å². The van der Waals surface area contributed by atoms with Gasteiger partial charge in [-0.05, 0) is 60.1 Å². The normalized spacial score (nSPS) is 11.3. The number of halogens is 2. The molecule has 0 spiro atoms. The summed E-state index contributed by atoms with van der Waals surface area (Å²) in [6.45, 7) is 2.37. The highest BCUT2D eigenvalue weighted by Crippen LogP contribution is 2.22. The zero-order valence-electron chi connectivity index (χ0n) is 15.9. The molecule has 1 heterocycles. The van der Waals surface area contributed by atoms with E-state index in [1.54, 1.807) is 19.2 Å². The van der Waals surface area contributed by atoms with Crippen molar-refractivity contribution in [1.29, 1.82) is 0 Å². The van der Waals surface area contributed by atoms with Crippen LogP contribution >= 0.6 is 12.2 Å². The van der Waals surface area contributed by atoms with Gasteiger partial charge in [0.05, 0.1) is 13.3 Å². The van der Waals surface area contributed by atoms with Gasteiger partial charge in [0.1, 0.15) is 18.1 Å². The molecule has 2 aromatic carbocycles. The summed E-state index contributed by atoms with van der Waals surface area (Å²) < 4.78 is 38.1. The van der Waals surface area contributed by atoms with E-state index in [2.05, 4.69) is 22.2 Å². The minimum atomic E-state index is -2.79. The number of aromatic nitrogens is 3. The fourth-order valence-electron chi connectivity index (χ4n) is 2.66. The third-order valence-electron chi connectivity index (χ3n) is 4.22. The number of nitrogens with one attached hydrogen (secondary N) is 1. The van der Waals surface area contributed by atoms with E-state index in [0.717, 1.165) is 22.4 Å². The maximum atomic E-state index is 13.0. The van der Waals surface area contributed by atoms with Gasteiger partial charge in [0, 0.05) is 5.56 Å². The molecular formula is C20H20F2N4O2S. The minimum absolute atomic E-state index is 0.0101. The van der Waals surface area contributed by atoms with E-state index >= 15 is 0 Å². The molecule has 0 unspecified atom stereocenters. The number of rotatable bonds is 8. The molecule has 6 nitrogen and oxygen atoms in total. The number of alkyl halides is 2. The van der Waals surface area contributed by atoms with Crippen molar-refractivity contribution in [2.45, 2.75) is 26.4 Å². The van der Waals surface area contributed by atoms with Gasteiger partial charge in [-0.1, -0.05) is 19.1 Å². The van der Waals surface area contributed by atoms with Gasteiger partial charge in [0.25, 0.3) is 6.43 Å².